The Morgan fingerprint density at radius 1 is 1.04 bits per heavy atom. The van der Waals surface area contributed by atoms with E-state index in [0.717, 1.165) is 12.0 Å². The molecule has 1 aliphatic rings. The first-order valence-corrected chi connectivity index (χ1v) is 9.69. The largest absolute Gasteiger partial charge is 0.458 e. The van der Waals surface area contributed by atoms with Crippen molar-refractivity contribution in [1.29, 1.82) is 0 Å². The van der Waals surface area contributed by atoms with Gasteiger partial charge in [0.05, 0.1) is 11.1 Å². The van der Waals surface area contributed by atoms with Crippen molar-refractivity contribution < 1.29 is 19.1 Å². The Labute approximate surface area is 167 Å². The second-order valence-electron chi connectivity index (χ2n) is 8.36. The Morgan fingerprint density at radius 3 is 2.29 bits per heavy atom. The van der Waals surface area contributed by atoms with Crippen LogP contribution in [-0.4, -0.2) is 24.6 Å². The third-order valence-electron chi connectivity index (χ3n) is 4.50. The number of ether oxygens (including phenoxy) is 2. The fourth-order valence-electron chi connectivity index (χ4n) is 3.29. The minimum Gasteiger partial charge on any atom is -0.458 e. The highest BCUT2D eigenvalue weighted by Gasteiger charge is 2.32. The van der Waals surface area contributed by atoms with E-state index in [0.29, 0.717) is 0 Å². The van der Waals surface area contributed by atoms with Crippen LogP contribution in [-0.2, 0) is 9.47 Å². The molecule has 1 atom stereocenters. The van der Waals surface area contributed by atoms with Gasteiger partial charge in [-0.3, -0.25) is 0 Å². The third kappa shape index (κ3) is 5.95. The molecule has 28 heavy (non-hydrogen) atoms. The van der Waals surface area contributed by atoms with Crippen LogP contribution in [0.15, 0.2) is 60.2 Å². The van der Waals surface area contributed by atoms with Gasteiger partial charge in [0.25, 0.3) is 0 Å². The summed E-state index contributed by atoms with van der Waals surface area (Å²) in [5.74, 6) is -0.875. The standard InChI is InChI=1S/C24H30O4/c1-17(2)21(24(3,4)5)28-23(26)20-15-11-10-14-19(20)22(25)27-16-18-12-8-6-7-9-13-18/h6-8,10-15,17,21H,9,16H2,1-5H3. The predicted octanol–water partition coefficient (Wildman–Crippen LogP) is 5.51. The smallest absolute Gasteiger partial charge is 0.339 e. The fourth-order valence-corrected chi connectivity index (χ4v) is 3.29. The second kappa shape index (κ2) is 9.54. The van der Waals surface area contributed by atoms with E-state index in [1.807, 2.05) is 65.0 Å². The van der Waals surface area contributed by atoms with Gasteiger partial charge in [0.15, 0.2) is 0 Å². The second-order valence-corrected chi connectivity index (χ2v) is 8.36. The summed E-state index contributed by atoms with van der Waals surface area (Å²) in [6.45, 7) is 10.3. The summed E-state index contributed by atoms with van der Waals surface area (Å²) < 4.78 is 11.2. The molecule has 0 saturated heterocycles. The van der Waals surface area contributed by atoms with Crippen molar-refractivity contribution in [3.63, 3.8) is 0 Å². The summed E-state index contributed by atoms with van der Waals surface area (Å²) in [5, 5.41) is 0. The lowest BCUT2D eigenvalue weighted by atomic mass is 9.82. The van der Waals surface area contributed by atoms with E-state index in [4.69, 9.17) is 9.47 Å². The Balaban J connectivity index is 2.14. The number of rotatable bonds is 6. The molecule has 0 N–H and O–H groups in total. The number of carbonyl (C=O) groups is 2. The number of allylic oxidation sites excluding steroid dienone is 4. The van der Waals surface area contributed by atoms with Crippen LogP contribution >= 0.6 is 0 Å². The molecular weight excluding hydrogens is 352 g/mol. The molecule has 0 amide bonds. The first-order valence-electron chi connectivity index (χ1n) is 9.69. The number of carbonyl (C=O) groups excluding carboxylic acids is 2. The van der Waals surface area contributed by atoms with Crippen LogP contribution in [0.1, 0.15) is 61.8 Å². The highest BCUT2D eigenvalue weighted by molar-refractivity contribution is 6.03. The molecule has 0 spiro atoms. The maximum atomic E-state index is 12.8. The van der Waals surface area contributed by atoms with E-state index in [9.17, 15) is 9.59 Å². The first kappa shape index (κ1) is 21.7. The van der Waals surface area contributed by atoms with Crippen LogP contribution in [0.5, 0.6) is 0 Å². The lowest BCUT2D eigenvalue weighted by molar-refractivity contribution is -0.0224. The topological polar surface area (TPSA) is 52.6 Å². The summed E-state index contributed by atoms with van der Waals surface area (Å²) in [5.41, 5.74) is 1.17. The van der Waals surface area contributed by atoms with Crippen LogP contribution in [0, 0.1) is 11.3 Å². The van der Waals surface area contributed by atoms with Crippen LogP contribution in [0.25, 0.3) is 0 Å². The van der Waals surface area contributed by atoms with Crippen LogP contribution in [0.4, 0.5) is 0 Å². The zero-order valence-corrected chi connectivity index (χ0v) is 17.4. The van der Waals surface area contributed by atoms with Gasteiger partial charge in [-0.15, -0.1) is 0 Å². The van der Waals surface area contributed by atoms with Crippen molar-refractivity contribution >= 4 is 11.9 Å². The molecule has 0 aliphatic heterocycles. The Morgan fingerprint density at radius 2 is 1.68 bits per heavy atom. The lowest BCUT2D eigenvalue weighted by Gasteiger charge is -2.33. The van der Waals surface area contributed by atoms with Crippen LogP contribution in [0.2, 0.25) is 0 Å². The molecular formula is C24H30O4. The zero-order chi connectivity index (χ0) is 20.7. The Kier molecular flexibility index (Phi) is 7.38. The molecule has 4 nitrogen and oxygen atoms in total. The number of esters is 2. The van der Waals surface area contributed by atoms with Gasteiger partial charge >= 0.3 is 11.9 Å². The van der Waals surface area contributed by atoms with E-state index in [-0.39, 0.29) is 35.2 Å². The molecule has 0 aromatic heterocycles. The highest BCUT2D eigenvalue weighted by atomic mass is 16.5. The van der Waals surface area contributed by atoms with Gasteiger partial charge in [-0.25, -0.2) is 9.59 Å². The van der Waals surface area contributed by atoms with Crippen molar-refractivity contribution in [2.45, 2.75) is 47.1 Å². The molecule has 1 aromatic carbocycles. The summed E-state index contributed by atoms with van der Waals surface area (Å²) in [4.78, 5) is 25.4. The zero-order valence-electron chi connectivity index (χ0n) is 17.4. The number of hydrogen-bond donors (Lipinski definition) is 0. The quantitative estimate of drug-likeness (QED) is 0.609. The van der Waals surface area contributed by atoms with E-state index >= 15 is 0 Å². The van der Waals surface area contributed by atoms with E-state index in [1.165, 1.54) is 0 Å². The molecule has 4 heteroatoms. The normalized spacial score (nSPS) is 15.0. The molecule has 1 aromatic rings. The first-order chi connectivity index (χ1) is 13.2. The molecule has 2 rings (SSSR count). The van der Waals surface area contributed by atoms with Crippen molar-refractivity contribution in [2.75, 3.05) is 6.61 Å². The van der Waals surface area contributed by atoms with Gasteiger partial charge in [0, 0.05) is 0 Å². The third-order valence-corrected chi connectivity index (χ3v) is 4.50. The molecule has 0 heterocycles. The molecule has 150 valence electrons. The van der Waals surface area contributed by atoms with Crippen molar-refractivity contribution in [1.82, 2.24) is 0 Å². The van der Waals surface area contributed by atoms with Gasteiger partial charge in [-0.05, 0) is 35.5 Å². The summed E-state index contributed by atoms with van der Waals surface area (Å²) in [6, 6.07) is 6.63. The number of benzene rings is 1. The highest BCUT2D eigenvalue weighted by Crippen LogP contribution is 2.29. The van der Waals surface area contributed by atoms with Crippen molar-refractivity contribution in [2.24, 2.45) is 11.3 Å². The molecule has 0 radical (unpaired) electrons. The summed E-state index contributed by atoms with van der Waals surface area (Å²) >= 11 is 0. The van der Waals surface area contributed by atoms with E-state index < -0.39 is 11.9 Å². The van der Waals surface area contributed by atoms with Crippen LogP contribution < -0.4 is 0 Å². The predicted molar refractivity (Wildman–Crippen MR) is 111 cm³/mol. The monoisotopic (exact) mass is 382 g/mol. The molecule has 1 aliphatic carbocycles. The molecule has 0 bridgehead atoms. The molecule has 0 fully saturated rings. The van der Waals surface area contributed by atoms with Gasteiger partial charge in [0.2, 0.25) is 0 Å². The fraction of sp³-hybridized carbons (Fsp3) is 0.417. The average Bonchev–Trinajstić information content (AvgIpc) is 2.91. The maximum Gasteiger partial charge on any atom is 0.339 e. The SMILES string of the molecule is CC(C)C(OC(=O)c1ccccc1C(=O)OCC1=CCC=CC=C1)C(C)(C)C. The average molecular weight is 383 g/mol. The maximum absolute atomic E-state index is 12.8. The van der Waals surface area contributed by atoms with Gasteiger partial charge in [0.1, 0.15) is 12.7 Å². The van der Waals surface area contributed by atoms with E-state index in [2.05, 4.69) is 0 Å². The van der Waals surface area contributed by atoms with Crippen molar-refractivity contribution in [3.8, 4) is 0 Å². The molecule has 1 unspecified atom stereocenters. The van der Waals surface area contributed by atoms with Gasteiger partial charge in [-0.1, -0.05) is 77.1 Å². The van der Waals surface area contributed by atoms with E-state index in [1.54, 1.807) is 24.3 Å². The summed E-state index contributed by atoms with van der Waals surface area (Å²) in [6.07, 6.45) is 10.3. The minimum atomic E-state index is -0.532. The Bertz CT molecular complexity index is 791. The Hall–Kier alpha value is -2.62. The summed E-state index contributed by atoms with van der Waals surface area (Å²) in [7, 11) is 0. The lowest BCUT2D eigenvalue weighted by Crippen LogP contribution is -2.36. The number of hydrogen-bond acceptors (Lipinski definition) is 4. The molecule has 0 saturated carbocycles. The van der Waals surface area contributed by atoms with Gasteiger partial charge < -0.3 is 9.47 Å². The van der Waals surface area contributed by atoms with Gasteiger partial charge in [-0.2, -0.15) is 0 Å². The van der Waals surface area contributed by atoms with Crippen LogP contribution in [0.3, 0.4) is 0 Å². The minimum absolute atomic E-state index is 0.158. The van der Waals surface area contributed by atoms with Crippen molar-refractivity contribution in [3.05, 3.63) is 71.3 Å².